The summed E-state index contributed by atoms with van der Waals surface area (Å²) in [5, 5.41) is 10.8. The van der Waals surface area contributed by atoms with Gasteiger partial charge in [-0.3, -0.25) is 4.79 Å². The number of hydrogen-bond acceptors (Lipinski definition) is 5. The third-order valence-electron chi connectivity index (χ3n) is 5.08. The molecule has 166 valence electrons. The van der Waals surface area contributed by atoms with E-state index in [1.54, 1.807) is 6.07 Å². The third kappa shape index (κ3) is 5.11. The standard InChI is InChI=1S/C23H20Cl2FN3O3/c1-31-23-21(22(30)27-11-19(26)17-8-7-15(24)10-18(17)25)20(12-28-29-23)32-16-4-2-3-14(9-16)13-5-6-13/h2-4,7-10,12-13,19H,5-6,11H2,1H3,(H,27,30). The topological polar surface area (TPSA) is 73.3 Å². The summed E-state index contributed by atoms with van der Waals surface area (Å²) in [5.74, 6) is 0.626. The van der Waals surface area contributed by atoms with Crippen molar-refractivity contribution >= 4 is 29.1 Å². The number of nitrogens with zero attached hydrogens (tertiary/aromatic N) is 2. The molecule has 4 rings (SSSR count). The van der Waals surface area contributed by atoms with Crippen LogP contribution in [0.5, 0.6) is 17.4 Å². The molecule has 1 aliphatic carbocycles. The Kier molecular flexibility index (Phi) is 6.77. The van der Waals surface area contributed by atoms with Gasteiger partial charge in [0.05, 0.1) is 19.9 Å². The molecule has 1 unspecified atom stereocenters. The zero-order valence-electron chi connectivity index (χ0n) is 17.1. The molecule has 1 amide bonds. The van der Waals surface area contributed by atoms with Gasteiger partial charge in [0, 0.05) is 15.6 Å². The lowest BCUT2D eigenvalue weighted by molar-refractivity contribution is 0.0935. The molecular weight excluding hydrogens is 456 g/mol. The van der Waals surface area contributed by atoms with Gasteiger partial charge in [-0.2, -0.15) is 5.10 Å². The van der Waals surface area contributed by atoms with Gasteiger partial charge in [0.1, 0.15) is 17.5 Å². The van der Waals surface area contributed by atoms with Crippen LogP contribution in [0.2, 0.25) is 10.0 Å². The van der Waals surface area contributed by atoms with E-state index in [1.165, 1.54) is 37.1 Å². The molecule has 1 saturated carbocycles. The first-order valence-corrected chi connectivity index (χ1v) is 10.8. The van der Waals surface area contributed by atoms with Crippen molar-refractivity contribution < 1.29 is 18.7 Å². The van der Waals surface area contributed by atoms with Crippen molar-refractivity contribution in [3.05, 3.63) is 75.4 Å². The zero-order chi connectivity index (χ0) is 22.7. The largest absolute Gasteiger partial charge is 0.479 e. The lowest BCUT2D eigenvalue weighted by Gasteiger charge is -2.15. The Morgan fingerprint density at radius 1 is 1.25 bits per heavy atom. The smallest absolute Gasteiger partial charge is 0.260 e. The average Bonchev–Trinajstić information content (AvgIpc) is 3.63. The summed E-state index contributed by atoms with van der Waals surface area (Å²) in [6, 6.07) is 12.1. The number of alkyl halides is 1. The number of amides is 1. The van der Waals surface area contributed by atoms with Gasteiger partial charge in [0.2, 0.25) is 5.88 Å². The highest BCUT2D eigenvalue weighted by Crippen LogP contribution is 2.41. The van der Waals surface area contributed by atoms with Crippen LogP contribution in [0.15, 0.2) is 48.7 Å². The maximum absolute atomic E-state index is 14.7. The summed E-state index contributed by atoms with van der Waals surface area (Å²) in [5.41, 5.74) is 1.43. The Hall–Kier alpha value is -2.90. The molecule has 1 aliphatic rings. The molecule has 1 atom stereocenters. The molecular formula is C23H20Cl2FN3O3. The van der Waals surface area contributed by atoms with E-state index in [2.05, 4.69) is 15.5 Å². The molecule has 2 aromatic carbocycles. The maximum atomic E-state index is 14.7. The molecule has 0 aliphatic heterocycles. The van der Waals surface area contributed by atoms with Gasteiger partial charge in [-0.25, -0.2) is 4.39 Å². The first-order valence-electron chi connectivity index (χ1n) is 10.0. The third-order valence-corrected chi connectivity index (χ3v) is 5.64. The fraction of sp³-hybridized carbons (Fsp3) is 0.261. The summed E-state index contributed by atoms with van der Waals surface area (Å²) in [6.07, 6.45) is 2.10. The zero-order valence-corrected chi connectivity index (χ0v) is 18.7. The summed E-state index contributed by atoms with van der Waals surface area (Å²) < 4.78 is 25.9. The number of methoxy groups -OCH3 is 1. The Morgan fingerprint density at radius 3 is 2.78 bits per heavy atom. The molecule has 32 heavy (non-hydrogen) atoms. The van der Waals surface area contributed by atoms with Crippen molar-refractivity contribution in [3.63, 3.8) is 0 Å². The van der Waals surface area contributed by atoms with E-state index in [1.807, 2.05) is 18.2 Å². The molecule has 0 spiro atoms. The number of aromatic nitrogens is 2. The predicted molar refractivity (Wildman–Crippen MR) is 120 cm³/mol. The van der Waals surface area contributed by atoms with Gasteiger partial charge in [-0.05, 0) is 48.6 Å². The monoisotopic (exact) mass is 475 g/mol. The lowest BCUT2D eigenvalue weighted by atomic mass is 10.1. The van der Waals surface area contributed by atoms with Crippen LogP contribution in [0.4, 0.5) is 4.39 Å². The van der Waals surface area contributed by atoms with Crippen LogP contribution in [0.3, 0.4) is 0 Å². The van der Waals surface area contributed by atoms with Crippen molar-refractivity contribution in [2.75, 3.05) is 13.7 Å². The molecule has 9 heteroatoms. The van der Waals surface area contributed by atoms with Crippen LogP contribution >= 0.6 is 23.2 Å². The highest BCUT2D eigenvalue weighted by molar-refractivity contribution is 6.35. The summed E-state index contributed by atoms with van der Waals surface area (Å²) in [7, 11) is 1.36. The summed E-state index contributed by atoms with van der Waals surface area (Å²) in [4.78, 5) is 12.9. The van der Waals surface area contributed by atoms with Crippen LogP contribution in [-0.2, 0) is 0 Å². The van der Waals surface area contributed by atoms with Crippen molar-refractivity contribution in [2.45, 2.75) is 24.9 Å². The molecule has 0 bridgehead atoms. The SMILES string of the molecule is COc1nncc(Oc2cccc(C3CC3)c2)c1C(=O)NCC(F)c1ccc(Cl)cc1Cl. The van der Waals surface area contributed by atoms with Gasteiger partial charge < -0.3 is 14.8 Å². The predicted octanol–water partition coefficient (Wildman–Crippen LogP) is 5.90. The lowest BCUT2D eigenvalue weighted by Crippen LogP contribution is -2.28. The van der Waals surface area contributed by atoms with E-state index in [4.69, 9.17) is 32.7 Å². The highest BCUT2D eigenvalue weighted by atomic mass is 35.5. The molecule has 0 radical (unpaired) electrons. The van der Waals surface area contributed by atoms with E-state index < -0.39 is 12.1 Å². The number of nitrogens with one attached hydrogen (secondary N) is 1. The second kappa shape index (κ2) is 9.71. The van der Waals surface area contributed by atoms with E-state index in [0.29, 0.717) is 16.7 Å². The average molecular weight is 476 g/mol. The van der Waals surface area contributed by atoms with Crippen LogP contribution in [-0.4, -0.2) is 29.8 Å². The number of carbonyl (C=O) groups is 1. The minimum Gasteiger partial charge on any atom is -0.479 e. The minimum absolute atomic E-state index is 0.0220. The van der Waals surface area contributed by atoms with Crippen molar-refractivity contribution in [3.8, 4) is 17.4 Å². The van der Waals surface area contributed by atoms with Crippen LogP contribution in [0.1, 0.15) is 46.4 Å². The Bertz CT molecular complexity index is 1140. The van der Waals surface area contributed by atoms with Gasteiger partial charge >= 0.3 is 0 Å². The molecule has 1 N–H and O–H groups in total. The van der Waals surface area contributed by atoms with Crippen LogP contribution < -0.4 is 14.8 Å². The highest BCUT2D eigenvalue weighted by Gasteiger charge is 2.25. The van der Waals surface area contributed by atoms with E-state index in [0.717, 1.165) is 12.8 Å². The van der Waals surface area contributed by atoms with Crippen molar-refractivity contribution in [1.29, 1.82) is 0 Å². The first-order chi connectivity index (χ1) is 15.5. The maximum Gasteiger partial charge on any atom is 0.260 e. The normalized spacial score (nSPS) is 14.0. The molecule has 0 saturated heterocycles. The molecule has 1 heterocycles. The summed E-state index contributed by atoms with van der Waals surface area (Å²) in [6.45, 7) is -0.317. The number of hydrogen-bond donors (Lipinski definition) is 1. The quantitative estimate of drug-likeness (QED) is 0.438. The second-order valence-electron chi connectivity index (χ2n) is 7.39. The molecule has 1 aromatic heterocycles. The Balaban J connectivity index is 1.52. The van der Waals surface area contributed by atoms with Crippen molar-refractivity contribution in [2.24, 2.45) is 0 Å². The van der Waals surface area contributed by atoms with Crippen molar-refractivity contribution in [1.82, 2.24) is 15.5 Å². The van der Waals surface area contributed by atoms with Gasteiger partial charge in [0.25, 0.3) is 5.91 Å². The van der Waals surface area contributed by atoms with Crippen LogP contribution in [0.25, 0.3) is 0 Å². The number of halogens is 3. The van der Waals surface area contributed by atoms with Crippen LogP contribution in [0, 0.1) is 0 Å². The van der Waals surface area contributed by atoms with E-state index in [9.17, 15) is 9.18 Å². The second-order valence-corrected chi connectivity index (χ2v) is 8.23. The minimum atomic E-state index is -1.54. The number of carbonyl (C=O) groups excluding carboxylic acids is 1. The fourth-order valence-electron chi connectivity index (χ4n) is 3.29. The number of benzene rings is 2. The van der Waals surface area contributed by atoms with E-state index in [-0.39, 0.29) is 34.3 Å². The number of ether oxygens (including phenoxy) is 2. The van der Waals surface area contributed by atoms with Gasteiger partial charge in [-0.1, -0.05) is 41.4 Å². The van der Waals surface area contributed by atoms with E-state index >= 15 is 0 Å². The Labute approximate surface area is 194 Å². The first kappa shape index (κ1) is 22.3. The Morgan fingerprint density at radius 2 is 2.06 bits per heavy atom. The van der Waals surface area contributed by atoms with Gasteiger partial charge in [0.15, 0.2) is 5.75 Å². The fourth-order valence-corrected chi connectivity index (χ4v) is 3.82. The summed E-state index contributed by atoms with van der Waals surface area (Å²) >= 11 is 11.9. The molecule has 1 fully saturated rings. The van der Waals surface area contributed by atoms with Gasteiger partial charge in [-0.15, -0.1) is 5.10 Å². The molecule has 6 nitrogen and oxygen atoms in total. The number of rotatable bonds is 8. The molecule has 3 aromatic rings.